The highest BCUT2D eigenvalue weighted by molar-refractivity contribution is 9.10. The van der Waals surface area contributed by atoms with Crippen LogP contribution in [0.15, 0.2) is 55.6 Å². The van der Waals surface area contributed by atoms with Crippen LogP contribution in [0, 0.1) is 0 Å². The molecule has 126 valence electrons. The summed E-state index contributed by atoms with van der Waals surface area (Å²) in [4.78, 5) is 27.5. The number of rotatable bonds is 4. The molecule has 0 radical (unpaired) electrons. The third kappa shape index (κ3) is 2.62. The smallest absolute Gasteiger partial charge is 0.296 e. The van der Waals surface area contributed by atoms with Gasteiger partial charge in [-0.05, 0) is 34.1 Å². The zero-order valence-corrected chi connectivity index (χ0v) is 15.5. The Labute approximate surface area is 157 Å². The van der Waals surface area contributed by atoms with Crippen molar-refractivity contribution in [2.45, 2.75) is 6.04 Å². The number of halogens is 1. The van der Waals surface area contributed by atoms with Gasteiger partial charge in [-0.3, -0.25) is 14.5 Å². The summed E-state index contributed by atoms with van der Waals surface area (Å²) >= 11 is 5.88. The SMILES string of the molecule is O=C(C1=C(O)C(=O)N(c2nncs2)C1c1cc(Br)cs1)c1ccco1. The molecule has 0 saturated carbocycles. The first-order valence-electron chi connectivity index (χ1n) is 6.93. The van der Waals surface area contributed by atoms with E-state index >= 15 is 0 Å². The maximum Gasteiger partial charge on any atom is 0.296 e. The van der Waals surface area contributed by atoms with Crippen molar-refractivity contribution in [3.63, 3.8) is 0 Å². The average Bonchev–Trinajstić information content (AvgIpc) is 3.36. The zero-order chi connectivity index (χ0) is 17.6. The number of carbonyl (C=O) groups is 2. The Bertz CT molecular complexity index is 979. The molecule has 1 unspecified atom stereocenters. The molecule has 0 spiro atoms. The summed E-state index contributed by atoms with van der Waals surface area (Å²) in [6.45, 7) is 0. The van der Waals surface area contributed by atoms with E-state index in [-0.39, 0.29) is 11.3 Å². The van der Waals surface area contributed by atoms with E-state index in [1.807, 2.05) is 5.38 Å². The number of ketones is 1. The van der Waals surface area contributed by atoms with Crippen molar-refractivity contribution in [2.24, 2.45) is 0 Å². The number of hydrogen-bond donors (Lipinski definition) is 1. The van der Waals surface area contributed by atoms with Crippen LogP contribution in [-0.4, -0.2) is 27.0 Å². The van der Waals surface area contributed by atoms with Crippen LogP contribution in [0.4, 0.5) is 5.13 Å². The van der Waals surface area contributed by atoms with Gasteiger partial charge in [0.2, 0.25) is 10.9 Å². The van der Waals surface area contributed by atoms with Gasteiger partial charge in [0.15, 0.2) is 11.5 Å². The Morgan fingerprint density at radius 1 is 1.40 bits per heavy atom. The number of aromatic nitrogens is 2. The molecule has 0 bridgehead atoms. The number of carbonyl (C=O) groups excluding carboxylic acids is 2. The summed E-state index contributed by atoms with van der Waals surface area (Å²) in [6, 6.07) is 4.06. The number of thiophene rings is 1. The van der Waals surface area contributed by atoms with Crippen molar-refractivity contribution in [1.82, 2.24) is 10.2 Å². The van der Waals surface area contributed by atoms with Crippen molar-refractivity contribution in [2.75, 3.05) is 4.90 Å². The van der Waals surface area contributed by atoms with Gasteiger partial charge in [0.05, 0.1) is 11.8 Å². The number of furan rings is 1. The highest BCUT2D eigenvalue weighted by Crippen LogP contribution is 2.44. The van der Waals surface area contributed by atoms with Crippen LogP contribution >= 0.6 is 38.6 Å². The van der Waals surface area contributed by atoms with Crippen LogP contribution in [0.1, 0.15) is 21.5 Å². The molecule has 4 heterocycles. The quantitative estimate of drug-likeness (QED) is 0.624. The number of Topliss-reactive ketones (excluding diaryl/α,β-unsaturated/α-hetero) is 1. The van der Waals surface area contributed by atoms with Gasteiger partial charge < -0.3 is 9.52 Å². The lowest BCUT2D eigenvalue weighted by molar-refractivity contribution is -0.117. The third-order valence-corrected chi connectivity index (χ3v) is 6.04. The first-order valence-corrected chi connectivity index (χ1v) is 9.48. The maximum absolute atomic E-state index is 12.8. The average molecular weight is 438 g/mol. The maximum atomic E-state index is 12.8. The molecule has 1 aliphatic heterocycles. The minimum atomic E-state index is -0.797. The molecular formula is C15H8BrN3O4S2. The Hall–Kier alpha value is -2.30. The monoisotopic (exact) mass is 437 g/mol. The Morgan fingerprint density at radius 2 is 2.24 bits per heavy atom. The van der Waals surface area contributed by atoms with Crippen molar-refractivity contribution in [3.8, 4) is 0 Å². The fraction of sp³-hybridized carbons (Fsp3) is 0.0667. The second-order valence-corrected chi connectivity index (χ2v) is 7.71. The summed E-state index contributed by atoms with van der Waals surface area (Å²) in [5.74, 6) is -1.79. The molecule has 3 aromatic heterocycles. The molecule has 4 rings (SSSR count). The largest absolute Gasteiger partial charge is 0.503 e. The molecule has 0 fully saturated rings. The number of aliphatic hydroxyl groups is 1. The summed E-state index contributed by atoms with van der Waals surface area (Å²) in [5.41, 5.74) is 1.44. The predicted octanol–water partition coefficient (Wildman–Crippen LogP) is 3.74. The Morgan fingerprint density at radius 3 is 2.84 bits per heavy atom. The summed E-state index contributed by atoms with van der Waals surface area (Å²) in [6.07, 6.45) is 1.36. The minimum absolute atomic E-state index is 0.0375. The Kier molecular flexibility index (Phi) is 4.02. The minimum Gasteiger partial charge on any atom is -0.503 e. The number of amides is 1. The topological polar surface area (TPSA) is 96.5 Å². The standard InChI is InChI=1S/C15H8BrN3O4S2/c16-7-4-9(24-5-7)11-10(12(20)8-2-1-3-23-8)13(21)14(22)19(11)15-18-17-6-25-15/h1-6,11,21H. The molecule has 0 aliphatic carbocycles. The molecule has 0 aromatic carbocycles. The molecular weight excluding hydrogens is 430 g/mol. The molecule has 1 atom stereocenters. The van der Waals surface area contributed by atoms with Crippen LogP contribution in [0.25, 0.3) is 0 Å². The van der Waals surface area contributed by atoms with Gasteiger partial charge in [-0.1, -0.05) is 11.3 Å². The lowest BCUT2D eigenvalue weighted by atomic mass is 10.0. The number of hydrogen-bond acceptors (Lipinski definition) is 8. The van der Waals surface area contributed by atoms with Crippen molar-refractivity contribution in [3.05, 3.63) is 61.8 Å². The van der Waals surface area contributed by atoms with Gasteiger partial charge in [0, 0.05) is 14.7 Å². The molecule has 1 N–H and O–H groups in total. The van der Waals surface area contributed by atoms with E-state index in [1.165, 1.54) is 34.1 Å². The molecule has 0 saturated heterocycles. The predicted molar refractivity (Wildman–Crippen MR) is 94.8 cm³/mol. The van der Waals surface area contributed by atoms with Crippen LogP contribution in [0.2, 0.25) is 0 Å². The zero-order valence-electron chi connectivity index (χ0n) is 12.2. The van der Waals surface area contributed by atoms with E-state index in [4.69, 9.17) is 4.42 Å². The van der Waals surface area contributed by atoms with E-state index in [2.05, 4.69) is 26.1 Å². The fourth-order valence-electron chi connectivity index (χ4n) is 2.59. The van der Waals surface area contributed by atoms with Gasteiger partial charge in [0.25, 0.3) is 5.91 Å². The van der Waals surface area contributed by atoms with Gasteiger partial charge in [-0.2, -0.15) is 0 Å². The number of nitrogens with zero attached hydrogens (tertiary/aromatic N) is 3. The van der Waals surface area contributed by atoms with E-state index in [0.29, 0.717) is 10.0 Å². The van der Waals surface area contributed by atoms with E-state index in [1.54, 1.807) is 12.1 Å². The van der Waals surface area contributed by atoms with Gasteiger partial charge in [-0.15, -0.1) is 21.5 Å². The molecule has 7 nitrogen and oxygen atoms in total. The second kappa shape index (κ2) is 6.21. The van der Waals surface area contributed by atoms with Crippen molar-refractivity contribution in [1.29, 1.82) is 0 Å². The second-order valence-electron chi connectivity index (χ2n) is 5.03. The first kappa shape index (κ1) is 16.2. The lowest BCUT2D eigenvalue weighted by Crippen LogP contribution is -2.30. The van der Waals surface area contributed by atoms with Crippen molar-refractivity contribution >= 4 is 55.4 Å². The van der Waals surface area contributed by atoms with E-state index in [0.717, 1.165) is 15.8 Å². The normalized spacial score (nSPS) is 17.6. The summed E-state index contributed by atoms with van der Waals surface area (Å²) in [5, 5.41) is 20.2. The highest BCUT2D eigenvalue weighted by atomic mass is 79.9. The molecule has 10 heteroatoms. The summed E-state index contributed by atoms with van der Waals surface area (Å²) in [7, 11) is 0. The molecule has 3 aromatic rings. The summed E-state index contributed by atoms with van der Waals surface area (Å²) < 4.78 is 5.96. The van der Waals surface area contributed by atoms with Gasteiger partial charge >= 0.3 is 0 Å². The number of aliphatic hydroxyl groups excluding tert-OH is 1. The van der Waals surface area contributed by atoms with Crippen LogP contribution < -0.4 is 4.90 Å². The van der Waals surface area contributed by atoms with Gasteiger partial charge in [-0.25, -0.2) is 0 Å². The molecule has 1 amide bonds. The number of anilines is 1. The van der Waals surface area contributed by atoms with Crippen molar-refractivity contribution < 1.29 is 19.1 Å². The van der Waals surface area contributed by atoms with Crippen LogP contribution in [-0.2, 0) is 4.79 Å². The fourth-order valence-corrected chi connectivity index (χ4v) is 4.72. The van der Waals surface area contributed by atoms with Crippen LogP contribution in [0.3, 0.4) is 0 Å². The highest BCUT2D eigenvalue weighted by Gasteiger charge is 2.47. The molecule has 1 aliphatic rings. The Balaban J connectivity index is 1.87. The first-order chi connectivity index (χ1) is 12.1. The molecule has 25 heavy (non-hydrogen) atoms. The third-order valence-electron chi connectivity index (χ3n) is 3.61. The van der Waals surface area contributed by atoms with Crippen LogP contribution in [0.5, 0.6) is 0 Å². The van der Waals surface area contributed by atoms with E-state index < -0.39 is 23.5 Å². The van der Waals surface area contributed by atoms with Gasteiger partial charge in [0.1, 0.15) is 11.6 Å². The van der Waals surface area contributed by atoms with E-state index in [9.17, 15) is 14.7 Å². The lowest BCUT2D eigenvalue weighted by Gasteiger charge is -2.22.